The van der Waals surface area contributed by atoms with E-state index in [1.807, 2.05) is 31.3 Å². The monoisotopic (exact) mass is 203 g/mol. The molecule has 2 heterocycles. The summed E-state index contributed by atoms with van der Waals surface area (Å²) in [4.78, 5) is 11.7. The van der Waals surface area contributed by atoms with Crippen molar-refractivity contribution in [1.82, 2.24) is 15.0 Å². The Kier molecular flexibility index (Phi) is 2.78. The Morgan fingerprint density at radius 2 is 2.27 bits per heavy atom. The minimum absolute atomic E-state index is 0.0770. The van der Waals surface area contributed by atoms with E-state index in [1.165, 1.54) is 0 Å². The fourth-order valence-electron chi connectivity index (χ4n) is 1.47. The lowest BCUT2D eigenvalue weighted by atomic mass is 10.2. The first-order chi connectivity index (χ1) is 7.29. The summed E-state index contributed by atoms with van der Waals surface area (Å²) in [6.45, 7) is 2.00. The average molecular weight is 203 g/mol. The number of H-pyrrole nitrogens is 1. The highest BCUT2D eigenvalue weighted by molar-refractivity contribution is 5.54. The van der Waals surface area contributed by atoms with Gasteiger partial charge in [0.15, 0.2) is 0 Å². The molecule has 15 heavy (non-hydrogen) atoms. The van der Waals surface area contributed by atoms with Crippen LogP contribution >= 0.6 is 0 Å². The van der Waals surface area contributed by atoms with Crippen molar-refractivity contribution in [3.05, 3.63) is 35.9 Å². The SMILES string of the molecule is Cc1cc(-c2ccc[nH]2)nc(CCO)n1. The van der Waals surface area contributed by atoms with Crippen LogP contribution in [0.15, 0.2) is 24.4 Å². The molecule has 2 aromatic rings. The van der Waals surface area contributed by atoms with E-state index in [2.05, 4.69) is 15.0 Å². The molecular formula is C11H13N3O. The first-order valence-electron chi connectivity index (χ1n) is 4.89. The van der Waals surface area contributed by atoms with Gasteiger partial charge in [-0.05, 0) is 25.1 Å². The molecule has 2 N–H and O–H groups in total. The van der Waals surface area contributed by atoms with Crippen molar-refractivity contribution < 1.29 is 5.11 Å². The molecule has 0 radical (unpaired) electrons. The van der Waals surface area contributed by atoms with Crippen molar-refractivity contribution in [2.75, 3.05) is 6.61 Å². The van der Waals surface area contributed by atoms with E-state index >= 15 is 0 Å². The van der Waals surface area contributed by atoms with Crippen molar-refractivity contribution in [1.29, 1.82) is 0 Å². The summed E-state index contributed by atoms with van der Waals surface area (Å²) in [6.07, 6.45) is 2.36. The summed E-state index contributed by atoms with van der Waals surface area (Å²) in [7, 11) is 0. The lowest BCUT2D eigenvalue weighted by molar-refractivity contribution is 0.296. The molecule has 0 aliphatic heterocycles. The molecule has 0 atom stereocenters. The van der Waals surface area contributed by atoms with Crippen LogP contribution in [0.25, 0.3) is 11.4 Å². The lowest BCUT2D eigenvalue weighted by Gasteiger charge is -2.03. The predicted octanol–water partition coefficient (Wildman–Crippen LogP) is 1.31. The van der Waals surface area contributed by atoms with Gasteiger partial charge in [-0.2, -0.15) is 0 Å². The molecule has 2 rings (SSSR count). The van der Waals surface area contributed by atoms with E-state index in [9.17, 15) is 0 Å². The van der Waals surface area contributed by atoms with Gasteiger partial charge in [0.2, 0.25) is 0 Å². The van der Waals surface area contributed by atoms with E-state index in [1.54, 1.807) is 0 Å². The standard InChI is InChI=1S/C11H13N3O/c1-8-7-10(9-3-2-5-12-9)14-11(13-8)4-6-15/h2-3,5,7,12,15H,4,6H2,1H3. The van der Waals surface area contributed by atoms with Gasteiger partial charge in [0.25, 0.3) is 0 Å². The van der Waals surface area contributed by atoms with Crippen LogP contribution in [0.5, 0.6) is 0 Å². The topological polar surface area (TPSA) is 61.8 Å². The maximum absolute atomic E-state index is 8.84. The fraction of sp³-hybridized carbons (Fsp3) is 0.273. The maximum atomic E-state index is 8.84. The number of aromatic amines is 1. The van der Waals surface area contributed by atoms with Crippen LogP contribution in [0.3, 0.4) is 0 Å². The van der Waals surface area contributed by atoms with Crippen LogP contribution in [-0.2, 0) is 6.42 Å². The second-order valence-electron chi connectivity index (χ2n) is 3.37. The highest BCUT2D eigenvalue weighted by atomic mass is 16.3. The number of rotatable bonds is 3. The molecule has 0 aliphatic carbocycles. The van der Waals surface area contributed by atoms with Gasteiger partial charge in [-0.15, -0.1) is 0 Å². The second-order valence-corrected chi connectivity index (χ2v) is 3.37. The Hall–Kier alpha value is -1.68. The maximum Gasteiger partial charge on any atom is 0.131 e. The van der Waals surface area contributed by atoms with Gasteiger partial charge >= 0.3 is 0 Å². The highest BCUT2D eigenvalue weighted by Crippen LogP contribution is 2.15. The normalized spacial score (nSPS) is 10.5. The molecule has 0 fully saturated rings. The van der Waals surface area contributed by atoms with E-state index in [-0.39, 0.29) is 6.61 Å². The van der Waals surface area contributed by atoms with Gasteiger partial charge < -0.3 is 10.1 Å². The second kappa shape index (κ2) is 4.23. The van der Waals surface area contributed by atoms with Gasteiger partial charge in [0.1, 0.15) is 5.82 Å². The van der Waals surface area contributed by atoms with Gasteiger partial charge in [0.05, 0.1) is 18.0 Å². The third kappa shape index (κ3) is 2.22. The first-order valence-corrected chi connectivity index (χ1v) is 4.89. The largest absolute Gasteiger partial charge is 0.396 e. The van der Waals surface area contributed by atoms with E-state index in [4.69, 9.17) is 5.11 Å². The number of nitrogens with one attached hydrogen (secondary N) is 1. The molecule has 4 nitrogen and oxygen atoms in total. The summed E-state index contributed by atoms with van der Waals surface area (Å²) in [6, 6.07) is 5.82. The first kappa shape index (κ1) is 9.86. The quantitative estimate of drug-likeness (QED) is 0.790. The number of aliphatic hydroxyl groups excluding tert-OH is 1. The molecule has 0 saturated heterocycles. The summed E-state index contributed by atoms with van der Waals surface area (Å²) < 4.78 is 0. The molecule has 0 saturated carbocycles. The third-order valence-corrected chi connectivity index (χ3v) is 2.11. The summed E-state index contributed by atoms with van der Waals surface area (Å²) >= 11 is 0. The number of nitrogens with zero attached hydrogens (tertiary/aromatic N) is 2. The van der Waals surface area contributed by atoms with Gasteiger partial charge in [0, 0.05) is 18.3 Å². The van der Waals surface area contributed by atoms with Crippen LogP contribution in [0.4, 0.5) is 0 Å². The van der Waals surface area contributed by atoms with Crippen molar-refractivity contribution >= 4 is 0 Å². The number of aromatic nitrogens is 3. The van der Waals surface area contributed by atoms with E-state index in [0.29, 0.717) is 12.2 Å². The van der Waals surface area contributed by atoms with Crippen molar-refractivity contribution in [2.24, 2.45) is 0 Å². The third-order valence-electron chi connectivity index (χ3n) is 2.11. The molecule has 0 aromatic carbocycles. The predicted molar refractivity (Wildman–Crippen MR) is 57.3 cm³/mol. The zero-order valence-corrected chi connectivity index (χ0v) is 8.57. The molecule has 2 aromatic heterocycles. The number of aliphatic hydroxyl groups is 1. The van der Waals surface area contributed by atoms with Crippen LogP contribution in [-0.4, -0.2) is 26.7 Å². The molecule has 0 aliphatic rings. The van der Waals surface area contributed by atoms with Crippen LogP contribution in [0.1, 0.15) is 11.5 Å². The molecule has 0 amide bonds. The van der Waals surface area contributed by atoms with Gasteiger partial charge in [-0.1, -0.05) is 0 Å². The van der Waals surface area contributed by atoms with Crippen molar-refractivity contribution in [2.45, 2.75) is 13.3 Å². The summed E-state index contributed by atoms with van der Waals surface area (Å²) in [5.74, 6) is 0.683. The zero-order valence-electron chi connectivity index (χ0n) is 8.57. The molecule has 0 spiro atoms. The van der Waals surface area contributed by atoms with E-state index in [0.717, 1.165) is 17.1 Å². The Morgan fingerprint density at radius 1 is 1.40 bits per heavy atom. The van der Waals surface area contributed by atoms with Crippen LogP contribution in [0.2, 0.25) is 0 Å². The minimum atomic E-state index is 0.0770. The molecule has 0 unspecified atom stereocenters. The molecule has 78 valence electrons. The number of hydrogen-bond donors (Lipinski definition) is 2. The Labute approximate surface area is 88.0 Å². The Bertz CT molecular complexity index is 437. The average Bonchev–Trinajstić information content (AvgIpc) is 2.70. The van der Waals surface area contributed by atoms with Crippen molar-refractivity contribution in [3.63, 3.8) is 0 Å². The molecule has 4 heteroatoms. The minimum Gasteiger partial charge on any atom is -0.396 e. The smallest absolute Gasteiger partial charge is 0.131 e. The molecular weight excluding hydrogens is 190 g/mol. The molecule has 0 bridgehead atoms. The van der Waals surface area contributed by atoms with Crippen LogP contribution < -0.4 is 0 Å². The zero-order chi connectivity index (χ0) is 10.7. The summed E-state index contributed by atoms with van der Waals surface area (Å²) in [5, 5.41) is 8.84. The van der Waals surface area contributed by atoms with E-state index < -0.39 is 0 Å². The fourth-order valence-corrected chi connectivity index (χ4v) is 1.47. The Balaban J connectivity index is 2.40. The Morgan fingerprint density at radius 3 is 2.93 bits per heavy atom. The number of hydrogen-bond acceptors (Lipinski definition) is 3. The van der Waals surface area contributed by atoms with Crippen molar-refractivity contribution in [3.8, 4) is 11.4 Å². The number of aryl methyl sites for hydroxylation is 1. The highest BCUT2D eigenvalue weighted by Gasteiger charge is 2.04. The van der Waals surface area contributed by atoms with Crippen LogP contribution in [0, 0.1) is 6.92 Å². The lowest BCUT2D eigenvalue weighted by Crippen LogP contribution is -2.01. The summed E-state index contributed by atoms with van der Waals surface area (Å²) in [5.41, 5.74) is 2.76. The van der Waals surface area contributed by atoms with Gasteiger partial charge in [-0.3, -0.25) is 0 Å². The van der Waals surface area contributed by atoms with Gasteiger partial charge in [-0.25, -0.2) is 9.97 Å².